The molecular formula is C23H38F2. The lowest BCUT2D eigenvalue weighted by Gasteiger charge is -2.48. The number of hydrogen-bond acceptors (Lipinski definition) is 0. The van der Waals surface area contributed by atoms with Gasteiger partial charge in [0.05, 0.1) is 0 Å². The van der Waals surface area contributed by atoms with E-state index in [9.17, 15) is 8.78 Å². The van der Waals surface area contributed by atoms with Crippen molar-refractivity contribution in [2.24, 2.45) is 41.4 Å². The third-order valence-electron chi connectivity index (χ3n) is 8.78. The fourth-order valence-electron chi connectivity index (χ4n) is 7.43. The Balaban J connectivity index is 1.31. The number of fused-ring (bicyclic) bond motifs is 2. The first-order valence-corrected chi connectivity index (χ1v) is 11.4. The van der Waals surface area contributed by atoms with Crippen LogP contribution in [0, 0.1) is 41.4 Å². The lowest BCUT2D eigenvalue weighted by Crippen LogP contribution is -2.43. The van der Waals surface area contributed by atoms with Gasteiger partial charge in [-0.3, -0.25) is 0 Å². The van der Waals surface area contributed by atoms with Crippen LogP contribution in [0.4, 0.5) is 8.78 Å². The van der Waals surface area contributed by atoms with Crippen molar-refractivity contribution in [3.05, 3.63) is 0 Å². The van der Waals surface area contributed by atoms with E-state index < -0.39 is 12.3 Å². The topological polar surface area (TPSA) is 0 Å². The molecular weight excluding hydrogens is 314 g/mol. The standard InChI is InChI=1S/C23H38F2/c1-2-3-15-4-5-17-13-18(7-6-16(17)12-15)19-8-10-21-20(14-19)9-11-22(24)23(21)25/h15-23H,2-14H2,1H3. The van der Waals surface area contributed by atoms with Gasteiger partial charge in [-0.1, -0.05) is 26.2 Å². The molecule has 9 unspecified atom stereocenters. The summed E-state index contributed by atoms with van der Waals surface area (Å²) in [7, 11) is 0. The molecule has 0 radical (unpaired) electrons. The van der Waals surface area contributed by atoms with Crippen molar-refractivity contribution in [2.75, 3.05) is 0 Å². The van der Waals surface area contributed by atoms with Gasteiger partial charge in [-0.05, 0) is 106 Å². The zero-order valence-electron chi connectivity index (χ0n) is 16.1. The largest absolute Gasteiger partial charge is 0.244 e. The molecule has 0 heterocycles. The maximum atomic E-state index is 14.2. The molecule has 0 N–H and O–H groups in total. The molecule has 0 aromatic rings. The first kappa shape index (κ1) is 18.2. The molecule has 0 nitrogen and oxygen atoms in total. The van der Waals surface area contributed by atoms with Crippen LogP contribution in [0.15, 0.2) is 0 Å². The Kier molecular flexibility index (Phi) is 5.72. The maximum absolute atomic E-state index is 14.2. The Morgan fingerprint density at radius 3 is 1.92 bits per heavy atom. The lowest BCUT2D eigenvalue weighted by atomic mass is 9.58. The number of alkyl halides is 2. The van der Waals surface area contributed by atoms with Gasteiger partial charge < -0.3 is 0 Å². The molecule has 2 heteroatoms. The van der Waals surface area contributed by atoms with E-state index in [-0.39, 0.29) is 5.92 Å². The summed E-state index contributed by atoms with van der Waals surface area (Å²) in [5.74, 6) is 5.25. The molecule has 4 fully saturated rings. The van der Waals surface area contributed by atoms with Crippen LogP contribution in [0.5, 0.6) is 0 Å². The first-order chi connectivity index (χ1) is 12.2. The van der Waals surface area contributed by atoms with Crippen molar-refractivity contribution in [3.63, 3.8) is 0 Å². The molecule has 0 spiro atoms. The Hall–Kier alpha value is -0.140. The SMILES string of the molecule is CCCC1CCC2CC(C3CCC4C(CCC(F)C4F)C3)CCC2C1. The van der Waals surface area contributed by atoms with E-state index in [2.05, 4.69) is 6.92 Å². The molecule has 0 aromatic carbocycles. The summed E-state index contributed by atoms with van der Waals surface area (Å²) in [6, 6.07) is 0. The molecule has 144 valence electrons. The Labute approximate surface area is 153 Å². The maximum Gasteiger partial charge on any atom is 0.134 e. The molecule has 4 rings (SSSR count). The monoisotopic (exact) mass is 352 g/mol. The number of hydrogen-bond donors (Lipinski definition) is 0. The van der Waals surface area contributed by atoms with Gasteiger partial charge >= 0.3 is 0 Å². The molecule has 4 aliphatic carbocycles. The van der Waals surface area contributed by atoms with Crippen molar-refractivity contribution in [2.45, 2.75) is 103 Å². The van der Waals surface area contributed by atoms with Crippen LogP contribution in [0.3, 0.4) is 0 Å². The Morgan fingerprint density at radius 2 is 1.20 bits per heavy atom. The van der Waals surface area contributed by atoms with Gasteiger partial charge in [0.15, 0.2) is 0 Å². The summed E-state index contributed by atoms with van der Waals surface area (Å²) in [5.41, 5.74) is 0. The van der Waals surface area contributed by atoms with Gasteiger partial charge in [-0.25, -0.2) is 8.78 Å². The molecule has 4 aliphatic rings. The van der Waals surface area contributed by atoms with Crippen LogP contribution in [0.2, 0.25) is 0 Å². The molecule has 0 saturated heterocycles. The fourth-order valence-corrected chi connectivity index (χ4v) is 7.43. The Morgan fingerprint density at radius 1 is 0.640 bits per heavy atom. The molecule has 0 bridgehead atoms. The Bertz CT molecular complexity index is 436. The average molecular weight is 353 g/mol. The van der Waals surface area contributed by atoms with Crippen molar-refractivity contribution >= 4 is 0 Å². The smallest absolute Gasteiger partial charge is 0.134 e. The summed E-state index contributed by atoms with van der Waals surface area (Å²) in [6.07, 6.45) is 14.0. The predicted octanol–water partition coefficient (Wildman–Crippen LogP) is 7.12. The summed E-state index contributed by atoms with van der Waals surface area (Å²) in [4.78, 5) is 0. The highest BCUT2D eigenvalue weighted by Gasteiger charge is 2.45. The van der Waals surface area contributed by atoms with Crippen molar-refractivity contribution < 1.29 is 8.78 Å². The van der Waals surface area contributed by atoms with Gasteiger partial charge in [0.1, 0.15) is 12.3 Å². The average Bonchev–Trinajstić information content (AvgIpc) is 2.64. The van der Waals surface area contributed by atoms with Crippen LogP contribution < -0.4 is 0 Å². The minimum atomic E-state index is -1.17. The highest BCUT2D eigenvalue weighted by molar-refractivity contribution is 4.95. The van der Waals surface area contributed by atoms with Crippen molar-refractivity contribution in [3.8, 4) is 0 Å². The lowest BCUT2D eigenvalue weighted by molar-refractivity contribution is -0.0238. The van der Waals surface area contributed by atoms with Gasteiger partial charge in [0, 0.05) is 0 Å². The van der Waals surface area contributed by atoms with E-state index in [0.29, 0.717) is 12.3 Å². The van der Waals surface area contributed by atoms with Crippen molar-refractivity contribution in [1.82, 2.24) is 0 Å². The van der Waals surface area contributed by atoms with E-state index in [1.54, 1.807) is 0 Å². The molecule has 0 aromatic heterocycles. The second-order valence-corrected chi connectivity index (χ2v) is 10.1. The number of rotatable bonds is 3. The molecule has 9 atom stereocenters. The second kappa shape index (κ2) is 7.85. The zero-order valence-corrected chi connectivity index (χ0v) is 16.1. The molecule has 4 saturated carbocycles. The van der Waals surface area contributed by atoms with E-state index in [1.165, 1.54) is 64.2 Å². The van der Waals surface area contributed by atoms with E-state index in [1.807, 2.05) is 0 Å². The van der Waals surface area contributed by atoms with Crippen molar-refractivity contribution in [1.29, 1.82) is 0 Å². The predicted molar refractivity (Wildman–Crippen MR) is 99.9 cm³/mol. The summed E-state index contributed by atoms with van der Waals surface area (Å²) in [5, 5.41) is 0. The quantitative estimate of drug-likeness (QED) is 0.507. The molecule has 0 amide bonds. The van der Waals surface area contributed by atoms with Gasteiger partial charge in [-0.2, -0.15) is 0 Å². The van der Waals surface area contributed by atoms with Gasteiger partial charge in [-0.15, -0.1) is 0 Å². The van der Waals surface area contributed by atoms with Crippen LogP contribution in [-0.4, -0.2) is 12.3 Å². The third kappa shape index (κ3) is 3.79. The van der Waals surface area contributed by atoms with Gasteiger partial charge in [0.2, 0.25) is 0 Å². The van der Waals surface area contributed by atoms with Crippen LogP contribution in [0.25, 0.3) is 0 Å². The number of halogens is 2. The van der Waals surface area contributed by atoms with Crippen LogP contribution in [-0.2, 0) is 0 Å². The minimum Gasteiger partial charge on any atom is -0.244 e. The highest BCUT2D eigenvalue weighted by atomic mass is 19.2. The minimum absolute atomic E-state index is 0.0424. The third-order valence-corrected chi connectivity index (χ3v) is 8.78. The first-order valence-electron chi connectivity index (χ1n) is 11.4. The van der Waals surface area contributed by atoms with Crippen LogP contribution >= 0.6 is 0 Å². The normalized spacial score (nSPS) is 50.8. The van der Waals surface area contributed by atoms with Gasteiger partial charge in [0.25, 0.3) is 0 Å². The van der Waals surface area contributed by atoms with Crippen LogP contribution in [0.1, 0.15) is 90.4 Å². The fraction of sp³-hybridized carbons (Fsp3) is 1.00. The van der Waals surface area contributed by atoms with E-state index >= 15 is 0 Å². The molecule has 25 heavy (non-hydrogen) atoms. The highest BCUT2D eigenvalue weighted by Crippen LogP contribution is 2.52. The second-order valence-electron chi connectivity index (χ2n) is 10.1. The molecule has 0 aliphatic heterocycles. The summed E-state index contributed by atoms with van der Waals surface area (Å²) in [6.45, 7) is 2.33. The summed E-state index contributed by atoms with van der Waals surface area (Å²) < 4.78 is 27.9. The van der Waals surface area contributed by atoms with E-state index in [4.69, 9.17) is 0 Å². The summed E-state index contributed by atoms with van der Waals surface area (Å²) >= 11 is 0. The van der Waals surface area contributed by atoms with E-state index in [0.717, 1.165) is 42.4 Å². The zero-order chi connectivity index (χ0) is 17.4.